The molecule has 2 heterocycles. The smallest absolute Gasteiger partial charge is 0.240 e. The van der Waals surface area contributed by atoms with Gasteiger partial charge >= 0.3 is 0 Å². The van der Waals surface area contributed by atoms with E-state index in [0.29, 0.717) is 11.9 Å². The van der Waals surface area contributed by atoms with Gasteiger partial charge in [0.25, 0.3) is 0 Å². The number of rotatable bonds is 3. The van der Waals surface area contributed by atoms with E-state index in [0.717, 1.165) is 31.9 Å². The summed E-state index contributed by atoms with van der Waals surface area (Å²) in [6.07, 6.45) is 1.10. The molecule has 0 spiro atoms. The topological polar surface area (TPSA) is 51.4 Å². The van der Waals surface area contributed by atoms with Crippen molar-refractivity contribution in [3.8, 4) is 0 Å². The van der Waals surface area contributed by atoms with Gasteiger partial charge in [-0.1, -0.05) is 12.1 Å². The Bertz CT molecular complexity index is 340. The van der Waals surface area contributed by atoms with E-state index in [1.807, 2.05) is 6.92 Å². The summed E-state index contributed by atoms with van der Waals surface area (Å²) < 4.78 is 10.8. The quantitative estimate of drug-likeness (QED) is 0.774. The molecule has 2 atom stereocenters. The van der Waals surface area contributed by atoms with Crippen LogP contribution in [-0.4, -0.2) is 40.3 Å². The standard InChI is InChI=1S/C11H19N3O2/c1-4-10-12-11(16-13-10)6-14-5-9(3)15-7-8(14)2/h8-9H,4-7H2,1-3H3/t8-,9+/m1/s1. The molecule has 1 aromatic heterocycles. The lowest BCUT2D eigenvalue weighted by Crippen LogP contribution is -2.46. The molecule has 1 aromatic rings. The third-order valence-electron chi connectivity index (χ3n) is 2.90. The van der Waals surface area contributed by atoms with Crippen LogP contribution in [0.15, 0.2) is 4.52 Å². The van der Waals surface area contributed by atoms with Gasteiger partial charge in [0.2, 0.25) is 5.89 Å². The Kier molecular flexibility index (Phi) is 3.56. The maximum absolute atomic E-state index is 5.58. The van der Waals surface area contributed by atoms with Crippen molar-refractivity contribution < 1.29 is 9.26 Å². The first kappa shape index (κ1) is 11.5. The SMILES string of the molecule is CCc1noc(CN2C[C@H](C)OC[C@H]2C)n1. The van der Waals surface area contributed by atoms with Crippen LogP contribution in [-0.2, 0) is 17.7 Å². The van der Waals surface area contributed by atoms with Gasteiger partial charge in [0.15, 0.2) is 5.82 Å². The Morgan fingerprint density at radius 3 is 2.94 bits per heavy atom. The predicted octanol–water partition coefficient (Wildman–Crippen LogP) is 1.24. The van der Waals surface area contributed by atoms with E-state index >= 15 is 0 Å². The summed E-state index contributed by atoms with van der Waals surface area (Å²) in [6, 6.07) is 0.410. The lowest BCUT2D eigenvalue weighted by atomic mass is 10.2. The highest BCUT2D eigenvalue weighted by Crippen LogP contribution is 2.14. The van der Waals surface area contributed by atoms with Crippen LogP contribution < -0.4 is 0 Å². The van der Waals surface area contributed by atoms with Crippen LogP contribution in [0.25, 0.3) is 0 Å². The monoisotopic (exact) mass is 225 g/mol. The van der Waals surface area contributed by atoms with Crippen LogP contribution in [0.4, 0.5) is 0 Å². The van der Waals surface area contributed by atoms with Gasteiger partial charge in [-0.15, -0.1) is 0 Å². The molecule has 1 aliphatic heterocycles. The maximum atomic E-state index is 5.58. The van der Waals surface area contributed by atoms with Gasteiger partial charge in [-0.2, -0.15) is 4.98 Å². The van der Waals surface area contributed by atoms with E-state index in [1.165, 1.54) is 0 Å². The van der Waals surface area contributed by atoms with Gasteiger partial charge in [0.05, 0.1) is 19.3 Å². The number of aromatic nitrogens is 2. The first-order valence-corrected chi connectivity index (χ1v) is 5.86. The van der Waals surface area contributed by atoms with Crippen LogP contribution in [0.2, 0.25) is 0 Å². The fourth-order valence-corrected chi connectivity index (χ4v) is 1.86. The van der Waals surface area contributed by atoms with Crippen molar-refractivity contribution in [3.63, 3.8) is 0 Å². The van der Waals surface area contributed by atoms with E-state index in [9.17, 15) is 0 Å². The molecule has 1 aliphatic rings. The van der Waals surface area contributed by atoms with Crippen molar-refractivity contribution in [2.75, 3.05) is 13.2 Å². The molecular formula is C11H19N3O2. The number of hydrogen-bond acceptors (Lipinski definition) is 5. The van der Waals surface area contributed by atoms with Crippen molar-refractivity contribution in [1.29, 1.82) is 0 Å². The number of nitrogens with zero attached hydrogens (tertiary/aromatic N) is 3. The Balaban J connectivity index is 1.97. The molecule has 0 N–H and O–H groups in total. The van der Waals surface area contributed by atoms with Crippen molar-refractivity contribution in [1.82, 2.24) is 15.0 Å². The zero-order chi connectivity index (χ0) is 11.5. The van der Waals surface area contributed by atoms with Gasteiger partial charge < -0.3 is 9.26 Å². The van der Waals surface area contributed by atoms with Gasteiger partial charge in [0, 0.05) is 19.0 Å². The van der Waals surface area contributed by atoms with Crippen molar-refractivity contribution >= 4 is 0 Å². The molecule has 0 bridgehead atoms. The molecular weight excluding hydrogens is 206 g/mol. The van der Waals surface area contributed by atoms with Crippen LogP contribution >= 0.6 is 0 Å². The molecule has 1 saturated heterocycles. The molecule has 0 radical (unpaired) electrons. The third kappa shape index (κ3) is 2.59. The van der Waals surface area contributed by atoms with Crippen LogP contribution in [0.3, 0.4) is 0 Å². The molecule has 90 valence electrons. The van der Waals surface area contributed by atoms with Gasteiger partial charge in [-0.05, 0) is 13.8 Å². The zero-order valence-corrected chi connectivity index (χ0v) is 10.1. The summed E-state index contributed by atoms with van der Waals surface area (Å²) in [5.41, 5.74) is 0. The molecule has 2 rings (SSSR count). The summed E-state index contributed by atoms with van der Waals surface area (Å²) in [5.74, 6) is 1.49. The third-order valence-corrected chi connectivity index (χ3v) is 2.90. The van der Waals surface area contributed by atoms with Crippen molar-refractivity contribution in [3.05, 3.63) is 11.7 Å². The second-order valence-corrected chi connectivity index (χ2v) is 4.38. The first-order chi connectivity index (χ1) is 7.69. The maximum Gasteiger partial charge on any atom is 0.240 e. The normalized spacial score (nSPS) is 27.2. The Morgan fingerprint density at radius 1 is 1.44 bits per heavy atom. The highest BCUT2D eigenvalue weighted by atomic mass is 16.5. The highest BCUT2D eigenvalue weighted by Gasteiger charge is 2.24. The highest BCUT2D eigenvalue weighted by molar-refractivity contribution is 4.87. The average Bonchev–Trinajstić information content (AvgIpc) is 2.71. The fourth-order valence-electron chi connectivity index (χ4n) is 1.86. The van der Waals surface area contributed by atoms with E-state index in [1.54, 1.807) is 0 Å². The summed E-state index contributed by atoms with van der Waals surface area (Å²) in [7, 11) is 0. The summed E-state index contributed by atoms with van der Waals surface area (Å²) in [5, 5.41) is 3.90. The Morgan fingerprint density at radius 2 is 2.25 bits per heavy atom. The molecule has 0 amide bonds. The van der Waals surface area contributed by atoms with Gasteiger partial charge in [-0.25, -0.2) is 0 Å². The summed E-state index contributed by atoms with van der Waals surface area (Å²) >= 11 is 0. The van der Waals surface area contributed by atoms with E-state index in [2.05, 4.69) is 28.9 Å². The average molecular weight is 225 g/mol. The second kappa shape index (κ2) is 4.93. The minimum atomic E-state index is 0.282. The van der Waals surface area contributed by atoms with Gasteiger partial charge in [-0.3, -0.25) is 4.90 Å². The van der Waals surface area contributed by atoms with Crippen LogP contribution in [0.5, 0.6) is 0 Å². The molecule has 5 nitrogen and oxygen atoms in total. The molecule has 0 unspecified atom stereocenters. The Hall–Kier alpha value is -0.940. The summed E-state index contributed by atoms with van der Waals surface area (Å²) in [6.45, 7) is 8.68. The first-order valence-electron chi connectivity index (χ1n) is 5.86. The number of morpholine rings is 1. The minimum Gasteiger partial charge on any atom is -0.376 e. The molecule has 16 heavy (non-hydrogen) atoms. The Labute approximate surface area is 95.8 Å². The molecule has 0 aliphatic carbocycles. The molecule has 0 saturated carbocycles. The van der Waals surface area contributed by atoms with Crippen molar-refractivity contribution in [2.45, 2.75) is 45.9 Å². The minimum absolute atomic E-state index is 0.282. The lowest BCUT2D eigenvalue weighted by molar-refractivity contribution is -0.0555. The number of hydrogen-bond donors (Lipinski definition) is 0. The second-order valence-electron chi connectivity index (χ2n) is 4.38. The molecule has 0 aromatic carbocycles. The van der Waals surface area contributed by atoms with Crippen molar-refractivity contribution in [2.24, 2.45) is 0 Å². The lowest BCUT2D eigenvalue weighted by Gasteiger charge is -2.35. The van der Waals surface area contributed by atoms with Gasteiger partial charge in [0.1, 0.15) is 0 Å². The summed E-state index contributed by atoms with van der Waals surface area (Å²) in [4.78, 5) is 6.64. The van der Waals surface area contributed by atoms with E-state index < -0.39 is 0 Å². The van der Waals surface area contributed by atoms with E-state index in [-0.39, 0.29) is 6.10 Å². The zero-order valence-electron chi connectivity index (χ0n) is 10.1. The fraction of sp³-hybridized carbons (Fsp3) is 0.818. The number of ether oxygens (including phenoxy) is 1. The van der Waals surface area contributed by atoms with Crippen LogP contribution in [0.1, 0.15) is 32.5 Å². The largest absolute Gasteiger partial charge is 0.376 e. The van der Waals surface area contributed by atoms with Crippen LogP contribution in [0, 0.1) is 0 Å². The van der Waals surface area contributed by atoms with E-state index in [4.69, 9.17) is 9.26 Å². The molecule has 1 fully saturated rings. The number of aryl methyl sites for hydroxylation is 1. The predicted molar refractivity (Wildman–Crippen MR) is 59.0 cm³/mol. The molecule has 5 heteroatoms.